The highest BCUT2D eigenvalue weighted by Crippen LogP contribution is 2.29. The van der Waals surface area contributed by atoms with Crippen LogP contribution in [0, 0.1) is 23.7 Å². The highest BCUT2D eigenvalue weighted by atomic mass is 14.2. The van der Waals surface area contributed by atoms with Crippen LogP contribution in [0.1, 0.15) is 105 Å². The molecule has 0 radical (unpaired) electrons. The minimum absolute atomic E-state index is 0.920. The molecular weight excluding hydrogens is 240 g/mol. The molecular formula is C20H40. The number of hydrogen-bond acceptors (Lipinski definition) is 0. The summed E-state index contributed by atoms with van der Waals surface area (Å²) in [5.41, 5.74) is 0. The summed E-state index contributed by atoms with van der Waals surface area (Å²) in [6, 6.07) is 0. The predicted molar refractivity (Wildman–Crippen MR) is 92.1 cm³/mol. The second kappa shape index (κ2) is 10.7. The van der Waals surface area contributed by atoms with Gasteiger partial charge in [0.25, 0.3) is 0 Å². The summed E-state index contributed by atoms with van der Waals surface area (Å²) in [5, 5.41) is 0. The van der Waals surface area contributed by atoms with Crippen molar-refractivity contribution >= 4 is 0 Å². The smallest absolute Gasteiger partial charge is 0.0391 e. The van der Waals surface area contributed by atoms with Crippen molar-refractivity contribution in [3.8, 4) is 0 Å². The Morgan fingerprint density at radius 1 is 0.650 bits per heavy atom. The van der Waals surface area contributed by atoms with E-state index in [0.717, 1.165) is 23.7 Å². The Balaban J connectivity index is 0.000000200. The molecule has 0 N–H and O–H groups in total. The Hall–Kier alpha value is 0. The average Bonchev–Trinajstić information content (AvgIpc) is 2.69. The Bertz CT molecular complexity index is 202. The molecule has 0 aromatic rings. The van der Waals surface area contributed by atoms with Crippen LogP contribution >= 0.6 is 0 Å². The Kier molecular flexibility index (Phi) is 9.65. The number of hydrogen-bond donors (Lipinski definition) is 0. The van der Waals surface area contributed by atoms with Gasteiger partial charge in [0.2, 0.25) is 0 Å². The van der Waals surface area contributed by atoms with Crippen LogP contribution in [-0.2, 0) is 0 Å². The molecule has 2 rings (SSSR count). The van der Waals surface area contributed by atoms with E-state index in [4.69, 9.17) is 0 Å². The zero-order chi connectivity index (χ0) is 14.8. The van der Waals surface area contributed by atoms with Gasteiger partial charge in [-0.05, 0) is 30.1 Å². The van der Waals surface area contributed by atoms with Gasteiger partial charge in [-0.2, -0.15) is 0 Å². The van der Waals surface area contributed by atoms with Crippen molar-refractivity contribution in [1.29, 1.82) is 0 Å². The van der Waals surface area contributed by atoms with Crippen LogP contribution in [0.5, 0.6) is 0 Å². The van der Waals surface area contributed by atoms with Gasteiger partial charge in [-0.15, -0.1) is 0 Å². The third-order valence-electron chi connectivity index (χ3n) is 5.37. The van der Waals surface area contributed by atoms with E-state index in [1.807, 2.05) is 0 Å². The summed E-state index contributed by atoms with van der Waals surface area (Å²) in [7, 11) is 0. The maximum Gasteiger partial charge on any atom is -0.0391 e. The van der Waals surface area contributed by atoms with E-state index in [0.29, 0.717) is 0 Å². The molecule has 2 saturated carbocycles. The lowest BCUT2D eigenvalue weighted by molar-refractivity contribution is 0.305. The van der Waals surface area contributed by atoms with Gasteiger partial charge in [0.1, 0.15) is 0 Å². The highest BCUT2D eigenvalue weighted by Gasteiger charge is 2.15. The van der Waals surface area contributed by atoms with E-state index >= 15 is 0 Å². The minimum Gasteiger partial charge on any atom is -0.0628 e. The van der Waals surface area contributed by atoms with Gasteiger partial charge in [-0.3, -0.25) is 0 Å². The van der Waals surface area contributed by atoms with Gasteiger partial charge < -0.3 is 0 Å². The topological polar surface area (TPSA) is 0 Å². The van der Waals surface area contributed by atoms with Crippen LogP contribution in [0.4, 0.5) is 0 Å². The summed E-state index contributed by atoms with van der Waals surface area (Å²) in [6.07, 6.45) is 17.9. The third kappa shape index (κ3) is 8.32. The van der Waals surface area contributed by atoms with Gasteiger partial charge in [0, 0.05) is 0 Å². The predicted octanol–water partition coefficient (Wildman–Crippen LogP) is 7.23. The Morgan fingerprint density at radius 3 is 1.55 bits per heavy atom. The molecule has 0 atom stereocenters. The van der Waals surface area contributed by atoms with E-state index in [2.05, 4.69) is 27.7 Å². The maximum atomic E-state index is 2.37. The molecule has 0 nitrogen and oxygen atoms in total. The molecule has 20 heavy (non-hydrogen) atoms. The van der Waals surface area contributed by atoms with Gasteiger partial charge in [-0.1, -0.05) is 98.3 Å². The second-order valence-corrected chi connectivity index (χ2v) is 8.13. The standard InChI is InChI=1S/2C10H20/c1-9(2)8-10-6-4-3-5-7-10;1-9(2)10-7-5-3-4-6-8-10/h2*9-10H,3-8H2,1-2H3. The molecule has 0 heterocycles. The van der Waals surface area contributed by atoms with Gasteiger partial charge in [0.05, 0.1) is 0 Å². The molecule has 2 fully saturated rings. The molecule has 0 spiro atoms. The summed E-state index contributed by atoms with van der Waals surface area (Å²) in [6.45, 7) is 9.43. The molecule has 0 bridgehead atoms. The SMILES string of the molecule is CC(C)C1CCCCCC1.CC(C)CC1CCCCC1. The highest BCUT2D eigenvalue weighted by molar-refractivity contribution is 4.67. The van der Waals surface area contributed by atoms with E-state index < -0.39 is 0 Å². The summed E-state index contributed by atoms with van der Waals surface area (Å²) in [4.78, 5) is 0. The van der Waals surface area contributed by atoms with Gasteiger partial charge >= 0.3 is 0 Å². The van der Waals surface area contributed by atoms with Crippen molar-refractivity contribution in [2.75, 3.05) is 0 Å². The molecule has 0 aliphatic heterocycles. The largest absolute Gasteiger partial charge is 0.0628 e. The van der Waals surface area contributed by atoms with E-state index in [1.54, 1.807) is 0 Å². The van der Waals surface area contributed by atoms with E-state index in [1.165, 1.54) is 77.0 Å². The monoisotopic (exact) mass is 280 g/mol. The van der Waals surface area contributed by atoms with Crippen LogP contribution in [0.25, 0.3) is 0 Å². The van der Waals surface area contributed by atoms with Crippen molar-refractivity contribution in [1.82, 2.24) is 0 Å². The Morgan fingerprint density at radius 2 is 1.10 bits per heavy atom. The van der Waals surface area contributed by atoms with Gasteiger partial charge in [-0.25, -0.2) is 0 Å². The average molecular weight is 281 g/mol. The van der Waals surface area contributed by atoms with Crippen LogP contribution in [0.15, 0.2) is 0 Å². The lowest BCUT2D eigenvalue weighted by Crippen LogP contribution is -2.08. The molecule has 0 aromatic heterocycles. The van der Waals surface area contributed by atoms with Crippen molar-refractivity contribution in [3.05, 3.63) is 0 Å². The first kappa shape index (κ1) is 18.1. The summed E-state index contributed by atoms with van der Waals surface area (Å²) >= 11 is 0. The van der Waals surface area contributed by atoms with Crippen LogP contribution in [0.3, 0.4) is 0 Å². The first-order chi connectivity index (χ1) is 9.59. The molecule has 0 heteroatoms. The molecule has 0 unspecified atom stereocenters. The first-order valence-electron chi connectivity index (χ1n) is 9.59. The van der Waals surface area contributed by atoms with Gasteiger partial charge in [0.15, 0.2) is 0 Å². The summed E-state index contributed by atoms with van der Waals surface area (Å²) in [5.74, 6) is 3.97. The molecule has 0 amide bonds. The van der Waals surface area contributed by atoms with Crippen molar-refractivity contribution in [2.45, 2.75) is 105 Å². The zero-order valence-corrected chi connectivity index (χ0v) is 14.8. The van der Waals surface area contributed by atoms with Crippen LogP contribution in [-0.4, -0.2) is 0 Å². The van der Waals surface area contributed by atoms with E-state index in [-0.39, 0.29) is 0 Å². The molecule has 0 aromatic carbocycles. The maximum absolute atomic E-state index is 2.37. The van der Waals surface area contributed by atoms with Crippen LogP contribution < -0.4 is 0 Å². The quantitative estimate of drug-likeness (QED) is 0.478. The fourth-order valence-corrected chi connectivity index (χ4v) is 4.07. The normalized spacial score (nSPS) is 22.5. The number of rotatable bonds is 3. The Labute approximate surface area is 129 Å². The fraction of sp³-hybridized carbons (Fsp3) is 1.00. The van der Waals surface area contributed by atoms with E-state index in [9.17, 15) is 0 Å². The lowest BCUT2D eigenvalue weighted by Gasteiger charge is -2.22. The zero-order valence-electron chi connectivity index (χ0n) is 14.8. The molecule has 120 valence electrons. The summed E-state index contributed by atoms with van der Waals surface area (Å²) < 4.78 is 0. The van der Waals surface area contributed by atoms with Crippen molar-refractivity contribution in [2.24, 2.45) is 23.7 Å². The third-order valence-corrected chi connectivity index (χ3v) is 5.37. The molecule has 2 aliphatic rings. The molecule has 2 aliphatic carbocycles. The van der Waals surface area contributed by atoms with Crippen molar-refractivity contribution in [3.63, 3.8) is 0 Å². The molecule has 0 saturated heterocycles. The fourth-order valence-electron chi connectivity index (χ4n) is 4.07. The van der Waals surface area contributed by atoms with Crippen molar-refractivity contribution < 1.29 is 0 Å². The minimum atomic E-state index is 0.920. The lowest BCUT2D eigenvalue weighted by atomic mass is 9.84. The first-order valence-corrected chi connectivity index (χ1v) is 9.59. The van der Waals surface area contributed by atoms with Crippen LogP contribution in [0.2, 0.25) is 0 Å². The second-order valence-electron chi connectivity index (χ2n) is 8.13.